The van der Waals surface area contributed by atoms with Crippen LogP contribution in [0.3, 0.4) is 0 Å². The van der Waals surface area contributed by atoms with Crippen molar-refractivity contribution in [2.24, 2.45) is 0 Å². The Balaban J connectivity index is 0.844. The van der Waals surface area contributed by atoms with Gasteiger partial charge < -0.3 is 96.6 Å². The van der Waals surface area contributed by atoms with Gasteiger partial charge in [-0.25, -0.2) is 29.5 Å². The van der Waals surface area contributed by atoms with Gasteiger partial charge >= 0.3 is 11.4 Å². The number of H-pyrrole nitrogens is 2. The van der Waals surface area contributed by atoms with Gasteiger partial charge in [-0.05, 0) is 19.9 Å². The number of ether oxygens (including phenoxy) is 5. The highest BCUT2D eigenvalue weighted by molar-refractivity contribution is 7.46. The molecule has 6 aromatic rings. The van der Waals surface area contributed by atoms with E-state index < -0.39 is 173 Å². The number of aromatic nitrogens is 12. The van der Waals surface area contributed by atoms with Crippen molar-refractivity contribution in [2.75, 3.05) is 57.3 Å². The van der Waals surface area contributed by atoms with Gasteiger partial charge in [-0.2, -0.15) is 9.97 Å². The lowest BCUT2D eigenvalue weighted by molar-refractivity contribution is -0.238. The van der Waals surface area contributed by atoms with E-state index in [0.29, 0.717) is 11.2 Å². The summed E-state index contributed by atoms with van der Waals surface area (Å²) in [7, 11) is -21.0. The minimum absolute atomic E-state index is 0.0463. The van der Waals surface area contributed by atoms with Crippen LogP contribution in [0.1, 0.15) is 63.1 Å². The lowest BCUT2D eigenvalue weighted by atomic mass is 10.2. The first kappa shape index (κ1) is 63.1. The second-order valence-electron chi connectivity index (χ2n) is 19.4. The number of aryl methyl sites for hydroxylation is 1. The molecule has 4 aliphatic heterocycles. The standard InChI is InChI=1S/C42H57N15O25P4/c1-4-71-20-7-31(56-17-48-33-35(44)46-16-47-36(33)56)76-24(20)12-73-84(64,65)82-23-10-32(57-18-49-34-37(57)51-40(45)52-39(34)59)79-27(23)15-75-85(66,67)80-21-8-29(54-6-5-28(43)50-41(54)60)77-26(21)14-74-86(68,69)81-22-9-30(55-11-19(2)38(58)53-42(55)61)78-25(22)13-72-83(62,63)70-3/h5-6,11,16-18,20-27,29-32H,4,7-10,12-15H2,1-3H3,(H,62,63)(H,64,65)(H,66,67)(H,68,69)(H2,43,50,60)(H2,44,46,47)(H,53,58,61)(H3,45,51,52,59)/p-4/t20?,21?,22?,23?,24-,25-,26-,27-,29-,30-,31-,32-/m1/s1. The molecule has 0 saturated carbocycles. The molecule has 0 bridgehead atoms. The third-order valence-corrected chi connectivity index (χ3v) is 17.7. The van der Waals surface area contributed by atoms with Crippen LogP contribution in [0.5, 0.6) is 0 Å². The van der Waals surface area contributed by atoms with Crippen LogP contribution in [-0.2, 0) is 78.1 Å². The number of anilines is 3. The topological polar surface area (TPSA) is 555 Å². The second-order valence-corrected chi connectivity index (χ2v) is 25.0. The van der Waals surface area contributed by atoms with Crippen molar-refractivity contribution in [2.45, 2.75) is 113 Å². The lowest BCUT2D eigenvalue weighted by Gasteiger charge is -2.32. The van der Waals surface area contributed by atoms with Crippen LogP contribution < -0.4 is 59.3 Å². The summed E-state index contributed by atoms with van der Waals surface area (Å²) in [5.41, 5.74) is 14.4. The van der Waals surface area contributed by atoms with Gasteiger partial charge in [0.1, 0.15) is 67.0 Å². The number of nitrogen functional groups attached to an aromatic ring is 3. The number of imidazole rings is 2. The molecule has 0 amide bonds. The number of nitrogens with zero attached hydrogens (tertiary/aromatic N) is 10. The summed E-state index contributed by atoms with van der Waals surface area (Å²) in [6.45, 7) is -0.465. The summed E-state index contributed by atoms with van der Waals surface area (Å²) in [5.74, 6) is -0.415. The molecule has 0 aliphatic carbocycles. The van der Waals surface area contributed by atoms with Crippen molar-refractivity contribution >= 4 is 71.2 Å². The molecule has 0 radical (unpaired) electrons. The summed E-state index contributed by atoms with van der Waals surface area (Å²) in [6.07, 6.45) is -11.9. The smallest absolute Gasteiger partial charge is 0.351 e. The molecule has 8 N–H and O–H groups in total. The van der Waals surface area contributed by atoms with Gasteiger partial charge in [0.2, 0.25) is 5.95 Å². The first-order valence-electron chi connectivity index (χ1n) is 25.7. The zero-order chi connectivity index (χ0) is 61.6. The van der Waals surface area contributed by atoms with E-state index in [0.717, 1.165) is 35.0 Å². The Morgan fingerprint density at radius 1 is 0.605 bits per heavy atom. The van der Waals surface area contributed by atoms with Crippen LogP contribution in [0.15, 0.2) is 56.6 Å². The fraction of sp³-hybridized carbons (Fsp3) is 0.571. The zero-order valence-corrected chi connectivity index (χ0v) is 48.5. The molecule has 4 saturated heterocycles. The predicted molar refractivity (Wildman–Crippen MR) is 277 cm³/mol. The van der Waals surface area contributed by atoms with Gasteiger partial charge in [-0.1, -0.05) is 0 Å². The highest BCUT2D eigenvalue weighted by atomic mass is 31.2. The first-order chi connectivity index (χ1) is 40.7. The van der Waals surface area contributed by atoms with Crippen LogP contribution >= 0.6 is 31.3 Å². The lowest BCUT2D eigenvalue weighted by Crippen LogP contribution is -2.34. The number of phosphoric acid groups is 4. The summed E-state index contributed by atoms with van der Waals surface area (Å²) in [5, 5.41) is 0. The predicted octanol–water partition coefficient (Wildman–Crippen LogP) is -2.88. The van der Waals surface area contributed by atoms with Crippen molar-refractivity contribution in [1.82, 2.24) is 58.1 Å². The Morgan fingerprint density at radius 3 is 1.60 bits per heavy atom. The monoisotopic (exact) mass is 1290 g/mol. The van der Waals surface area contributed by atoms with E-state index >= 15 is 0 Å². The quantitative estimate of drug-likeness (QED) is 0.0359. The number of hydrogen-bond acceptors (Lipinski definition) is 34. The minimum Gasteiger partial charge on any atom is -0.756 e. The fourth-order valence-corrected chi connectivity index (χ4v) is 13.1. The summed E-state index contributed by atoms with van der Waals surface area (Å²) >= 11 is 0. The highest BCUT2D eigenvalue weighted by Gasteiger charge is 2.46. The van der Waals surface area contributed by atoms with Gasteiger partial charge in [-0.15, -0.1) is 0 Å². The van der Waals surface area contributed by atoms with E-state index in [-0.39, 0.29) is 47.3 Å². The Morgan fingerprint density at radius 2 is 1.08 bits per heavy atom. The van der Waals surface area contributed by atoms with Crippen molar-refractivity contribution < 1.29 is 97.7 Å². The molecule has 44 heteroatoms. The Hall–Kier alpha value is -5.90. The van der Waals surface area contributed by atoms with E-state index in [1.54, 1.807) is 11.5 Å². The number of aromatic amines is 2. The zero-order valence-electron chi connectivity index (χ0n) is 45.0. The summed E-state index contributed by atoms with van der Waals surface area (Å²) in [4.78, 5) is 132. The molecule has 0 aromatic carbocycles. The third kappa shape index (κ3) is 14.3. The molecule has 6 aromatic heterocycles. The van der Waals surface area contributed by atoms with Gasteiger partial charge in [0, 0.05) is 57.4 Å². The molecule has 16 atom stereocenters. The summed E-state index contributed by atoms with van der Waals surface area (Å²) in [6, 6.07) is 1.20. The van der Waals surface area contributed by atoms with Crippen molar-refractivity contribution in [3.8, 4) is 0 Å². The van der Waals surface area contributed by atoms with Crippen LogP contribution in [0.4, 0.5) is 17.6 Å². The average Bonchev–Trinajstić information content (AvgIpc) is 2.62. The molecule has 0 spiro atoms. The Labute approximate surface area is 481 Å². The number of rotatable bonds is 25. The van der Waals surface area contributed by atoms with Crippen LogP contribution in [-0.4, -0.2) is 147 Å². The van der Waals surface area contributed by atoms with Gasteiger partial charge in [-0.3, -0.25) is 56.1 Å². The van der Waals surface area contributed by atoms with Crippen molar-refractivity contribution in [3.63, 3.8) is 0 Å². The van der Waals surface area contributed by atoms with Crippen LogP contribution in [0.2, 0.25) is 0 Å². The Kier molecular flexibility index (Phi) is 18.6. The first-order valence-corrected chi connectivity index (χ1v) is 31.5. The molecule has 86 heavy (non-hydrogen) atoms. The molecular formula is C42H53N15O25P4-4. The number of fused-ring (bicyclic) bond motifs is 2. The SMILES string of the molecule is CCOC1C[C@H](n2cnc3c(N)ncnc32)O[C@@H]1COP(=O)([O-])OC1C[C@H](n2cnc3c(=O)[nH]c(N)nc32)O[C@@H]1COP(=O)([O-])OC1C[C@H](n2ccc(N)nc2=O)O[C@@H]1COP(=O)([O-])OC1C[C@H](n2cc(C)c(=O)[nH]c2=O)O[C@@H]1COP(=O)([O-])OC. The van der Waals surface area contributed by atoms with Crippen LogP contribution in [0.25, 0.3) is 22.3 Å². The molecule has 10 heterocycles. The summed E-state index contributed by atoms with van der Waals surface area (Å²) < 4.78 is 129. The maximum absolute atomic E-state index is 13.9. The normalized spacial score (nSPS) is 28.9. The number of nitrogens with one attached hydrogen (secondary N) is 2. The largest absolute Gasteiger partial charge is 0.756 e. The Bertz CT molecular complexity index is 3920. The average molecular weight is 1290 g/mol. The second kappa shape index (κ2) is 25.3. The number of nitrogens with two attached hydrogens (primary N) is 3. The molecule has 4 aliphatic rings. The minimum atomic E-state index is -5.72. The number of phosphoric ester groups is 4. The van der Waals surface area contributed by atoms with E-state index in [1.807, 2.05) is 0 Å². The van der Waals surface area contributed by atoms with E-state index in [1.165, 1.54) is 30.2 Å². The van der Waals surface area contributed by atoms with E-state index in [4.69, 9.17) is 72.6 Å². The van der Waals surface area contributed by atoms with Gasteiger partial charge in [0.15, 0.2) is 22.6 Å². The highest BCUT2D eigenvalue weighted by Crippen LogP contribution is 2.51. The fourth-order valence-electron chi connectivity index (χ4n) is 9.79. The molecule has 40 nitrogen and oxygen atoms in total. The molecule has 470 valence electrons. The van der Waals surface area contributed by atoms with Crippen LogP contribution in [0, 0.1) is 6.92 Å². The molecule has 4 fully saturated rings. The van der Waals surface area contributed by atoms with Gasteiger partial charge in [0.05, 0.1) is 63.5 Å². The van der Waals surface area contributed by atoms with Crippen molar-refractivity contribution in [1.29, 1.82) is 0 Å². The maximum atomic E-state index is 13.9. The van der Waals surface area contributed by atoms with E-state index in [9.17, 15) is 57.0 Å². The van der Waals surface area contributed by atoms with Crippen molar-refractivity contribution in [3.05, 3.63) is 84.7 Å². The maximum Gasteiger partial charge on any atom is 0.351 e. The third-order valence-electron chi connectivity index (χ3n) is 13.8. The molecule has 8 unspecified atom stereocenters. The molecular weight excluding hydrogens is 1240 g/mol. The van der Waals surface area contributed by atoms with E-state index in [2.05, 4.69) is 44.4 Å². The number of hydrogen-bond donors (Lipinski definition) is 5. The molecule has 10 rings (SSSR count). The van der Waals surface area contributed by atoms with Gasteiger partial charge in [0.25, 0.3) is 42.4 Å².